The molecule has 0 aliphatic heterocycles. The first-order chi connectivity index (χ1) is 9.51. The lowest BCUT2D eigenvalue weighted by molar-refractivity contribution is 0.298. The summed E-state index contributed by atoms with van der Waals surface area (Å²) < 4.78 is 32.6. The fraction of sp³-hybridized carbons (Fsp3) is 0.571. The second kappa shape index (κ2) is 6.11. The van der Waals surface area contributed by atoms with Gasteiger partial charge in [0, 0.05) is 12.6 Å². The summed E-state index contributed by atoms with van der Waals surface area (Å²) in [6.45, 7) is 1.96. The Morgan fingerprint density at radius 2 is 2.20 bits per heavy atom. The van der Waals surface area contributed by atoms with E-state index in [4.69, 9.17) is 9.84 Å². The molecule has 1 fully saturated rings. The molecule has 2 atom stereocenters. The van der Waals surface area contributed by atoms with E-state index in [1.807, 2.05) is 0 Å². The zero-order chi connectivity index (χ0) is 14.8. The predicted molar refractivity (Wildman–Crippen MR) is 76.3 cm³/mol. The summed E-state index contributed by atoms with van der Waals surface area (Å²) >= 11 is 0. The van der Waals surface area contributed by atoms with Crippen LogP contribution in [-0.2, 0) is 16.4 Å². The Bertz CT molecular complexity index is 571. The fourth-order valence-electron chi connectivity index (χ4n) is 2.37. The van der Waals surface area contributed by atoms with E-state index < -0.39 is 10.0 Å². The first-order valence-corrected chi connectivity index (χ1v) is 8.30. The smallest absolute Gasteiger partial charge is 0.241 e. The SMILES string of the molecule is CCC1CC1NS(=O)(=O)c1ccc(OC)cc1CCO. The Morgan fingerprint density at radius 1 is 1.45 bits per heavy atom. The number of nitrogens with one attached hydrogen (secondary N) is 1. The van der Waals surface area contributed by atoms with Gasteiger partial charge in [-0.2, -0.15) is 0 Å². The van der Waals surface area contributed by atoms with Crippen LogP contribution in [0.3, 0.4) is 0 Å². The third-order valence-electron chi connectivity index (χ3n) is 3.69. The number of aliphatic hydroxyl groups is 1. The number of benzene rings is 1. The molecule has 112 valence electrons. The molecule has 1 saturated carbocycles. The van der Waals surface area contributed by atoms with Crippen LogP contribution in [-0.4, -0.2) is 33.3 Å². The van der Waals surface area contributed by atoms with Crippen LogP contribution in [0.2, 0.25) is 0 Å². The lowest BCUT2D eigenvalue weighted by Crippen LogP contribution is -2.28. The molecule has 5 nitrogen and oxygen atoms in total. The van der Waals surface area contributed by atoms with E-state index >= 15 is 0 Å². The molecule has 0 amide bonds. The summed E-state index contributed by atoms with van der Waals surface area (Å²) in [5.74, 6) is 1.04. The molecule has 1 aromatic rings. The van der Waals surface area contributed by atoms with Gasteiger partial charge in [-0.05, 0) is 42.5 Å². The molecule has 0 spiro atoms. The molecule has 20 heavy (non-hydrogen) atoms. The quantitative estimate of drug-likeness (QED) is 0.796. The Balaban J connectivity index is 2.25. The third kappa shape index (κ3) is 3.31. The van der Waals surface area contributed by atoms with Crippen molar-refractivity contribution in [2.24, 2.45) is 5.92 Å². The van der Waals surface area contributed by atoms with Crippen molar-refractivity contribution in [1.29, 1.82) is 0 Å². The predicted octanol–water partition coefficient (Wildman–Crippen LogP) is 1.31. The molecular formula is C14H21NO4S. The lowest BCUT2D eigenvalue weighted by atomic mass is 10.1. The highest BCUT2D eigenvalue weighted by atomic mass is 32.2. The molecule has 2 unspecified atom stereocenters. The van der Waals surface area contributed by atoms with Crippen LogP contribution < -0.4 is 9.46 Å². The molecule has 1 aromatic carbocycles. The number of ether oxygens (including phenoxy) is 1. The summed E-state index contributed by atoms with van der Waals surface area (Å²) in [6.07, 6.45) is 2.18. The van der Waals surface area contributed by atoms with Gasteiger partial charge in [0.1, 0.15) is 5.75 Å². The normalized spacial score (nSPS) is 21.8. The maximum absolute atomic E-state index is 12.4. The summed E-state index contributed by atoms with van der Waals surface area (Å²) in [7, 11) is -2.01. The van der Waals surface area contributed by atoms with Crippen molar-refractivity contribution in [2.45, 2.75) is 37.1 Å². The summed E-state index contributed by atoms with van der Waals surface area (Å²) in [4.78, 5) is 0.231. The van der Waals surface area contributed by atoms with Gasteiger partial charge in [0.05, 0.1) is 12.0 Å². The minimum atomic E-state index is -3.53. The molecule has 0 radical (unpaired) electrons. The largest absolute Gasteiger partial charge is 0.497 e. The number of hydrogen-bond acceptors (Lipinski definition) is 4. The van der Waals surface area contributed by atoms with Gasteiger partial charge in [-0.15, -0.1) is 0 Å². The Morgan fingerprint density at radius 3 is 2.75 bits per heavy atom. The lowest BCUT2D eigenvalue weighted by Gasteiger charge is -2.12. The Hall–Kier alpha value is -1.11. The van der Waals surface area contributed by atoms with Gasteiger partial charge in [-0.1, -0.05) is 13.3 Å². The van der Waals surface area contributed by atoms with Crippen LogP contribution in [0, 0.1) is 5.92 Å². The van der Waals surface area contributed by atoms with E-state index in [9.17, 15) is 8.42 Å². The molecule has 2 N–H and O–H groups in total. The van der Waals surface area contributed by atoms with E-state index in [0.717, 1.165) is 12.8 Å². The zero-order valence-electron chi connectivity index (χ0n) is 11.8. The molecule has 0 heterocycles. The van der Waals surface area contributed by atoms with E-state index in [1.165, 1.54) is 13.2 Å². The maximum Gasteiger partial charge on any atom is 0.241 e. The zero-order valence-corrected chi connectivity index (χ0v) is 12.6. The van der Waals surface area contributed by atoms with Crippen molar-refractivity contribution < 1.29 is 18.3 Å². The molecule has 1 aliphatic rings. The van der Waals surface area contributed by atoms with Gasteiger partial charge in [-0.25, -0.2) is 13.1 Å². The average molecular weight is 299 g/mol. The van der Waals surface area contributed by atoms with E-state index in [1.54, 1.807) is 12.1 Å². The van der Waals surface area contributed by atoms with Crippen LogP contribution >= 0.6 is 0 Å². The van der Waals surface area contributed by atoms with E-state index in [-0.39, 0.29) is 24.0 Å². The summed E-state index contributed by atoms with van der Waals surface area (Å²) in [6, 6.07) is 4.87. The fourth-order valence-corrected chi connectivity index (χ4v) is 3.93. The van der Waals surface area contributed by atoms with Crippen LogP contribution in [0.25, 0.3) is 0 Å². The number of sulfonamides is 1. The minimum absolute atomic E-state index is 0.0501. The van der Waals surface area contributed by atoms with Crippen LogP contribution in [0.5, 0.6) is 5.75 Å². The molecule has 0 saturated heterocycles. The number of hydrogen-bond donors (Lipinski definition) is 2. The van der Waals surface area contributed by atoms with Crippen molar-refractivity contribution >= 4 is 10.0 Å². The van der Waals surface area contributed by atoms with Crippen molar-refractivity contribution in [3.8, 4) is 5.75 Å². The van der Waals surface area contributed by atoms with E-state index in [0.29, 0.717) is 17.2 Å². The first-order valence-electron chi connectivity index (χ1n) is 6.82. The topological polar surface area (TPSA) is 75.6 Å². The molecule has 0 bridgehead atoms. The highest BCUT2D eigenvalue weighted by Crippen LogP contribution is 2.35. The number of aliphatic hydroxyl groups excluding tert-OH is 1. The second-order valence-corrected chi connectivity index (χ2v) is 6.76. The Labute approximate surface area is 120 Å². The highest BCUT2D eigenvalue weighted by Gasteiger charge is 2.39. The van der Waals surface area contributed by atoms with Crippen LogP contribution in [0.15, 0.2) is 23.1 Å². The molecule has 6 heteroatoms. The summed E-state index contributed by atoms with van der Waals surface area (Å²) in [5, 5.41) is 9.09. The average Bonchev–Trinajstić information content (AvgIpc) is 3.16. The third-order valence-corrected chi connectivity index (χ3v) is 5.28. The van der Waals surface area contributed by atoms with Gasteiger partial charge in [0.15, 0.2) is 0 Å². The van der Waals surface area contributed by atoms with Crippen LogP contribution in [0.4, 0.5) is 0 Å². The molecule has 1 aliphatic carbocycles. The Kier molecular flexibility index (Phi) is 4.67. The van der Waals surface area contributed by atoms with Crippen molar-refractivity contribution in [1.82, 2.24) is 4.72 Å². The number of methoxy groups -OCH3 is 1. The van der Waals surface area contributed by atoms with Crippen molar-refractivity contribution in [3.63, 3.8) is 0 Å². The molecule has 0 aromatic heterocycles. The monoisotopic (exact) mass is 299 g/mol. The highest BCUT2D eigenvalue weighted by molar-refractivity contribution is 7.89. The van der Waals surface area contributed by atoms with Gasteiger partial charge < -0.3 is 9.84 Å². The molecular weight excluding hydrogens is 278 g/mol. The van der Waals surface area contributed by atoms with Crippen LogP contribution in [0.1, 0.15) is 25.3 Å². The van der Waals surface area contributed by atoms with E-state index in [2.05, 4.69) is 11.6 Å². The van der Waals surface area contributed by atoms with Crippen molar-refractivity contribution in [3.05, 3.63) is 23.8 Å². The van der Waals surface area contributed by atoms with Gasteiger partial charge >= 0.3 is 0 Å². The number of rotatable bonds is 7. The van der Waals surface area contributed by atoms with Crippen molar-refractivity contribution in [2.75, 3.05) is 13.7 Å². The minimum Gasteiger partial charge on any atom is -0.497 e. The summed E-state index contributed by atoms with van der Waals surface area (Å²) in [5.41, 5.74) is 0.577. The van der Waals surface area contributed by atoms with Gasteiger partial charge in [0.2, 0.25) is 10.0 Å². The standard InChI is InChI=1S/C14H21NO4S/c1-3-10-9-13(10)15-20(17,18)14-5-4-12(19-2)8-11(14)6-7-16/h4-5,8,10,13,15-16H,3,6-7,9H2,1-2H3. The van der Waals surface area contributed by atoms with Gasteiger partial charge in [0.25, 0.3) is 0 Å². The maximum atomic E-state index is 12.4. The first kappa shape index (κ1) is 15.3. The van der Waals surface area contributed by atoms with Gasteiger partial charge in [-0.3, -0.25) is 0 Å². The second-order valence-electron chi connectivity index (χ2n) is 5.08. The molecule has 2 rings (SSSR count).